The molecule has 0 bridgehead atoms. The summed E-state index contributed by atoms with van der Waals surface area (Å²) in [5, 5.41) is 10.5. The van der Waals surface area contributed by atoms with Crippen LogP contribution in [0.1, 0.15) is 33.1 Å². The van der Waals surface area contributed by atoms with Gasteiger partial charge in [0.05, 0.1) is 13.2 Å². The zero-order valence-electron chi connectivity index (χ0n) is 14.9. The molecule has 0 N–H and O–H groups in total. The first-order valence-corrected chi connectivity index (χ1v) is 8.49. The maximum absolute atomic E-state index is 10.5. The van der Waals surface area contributed by atoms with E-state index in [-0.39, 0.29) is 11.5 Å². The molecule has 6 nitrogen and oxygen atoms in total. The number of hydrogen-bond donors (Lipinski definition) is 0. The molecule has 0 saturated carbocycles. The molecule has 1 unspecified atom stereocenters. The van der Waals surface area contributed by atoms with Crippen molar-refractivity contribution in [3.63, 3.8) is 0 Å². The molecule has 0 aliphatic rings. The standard InChI is InChI=1S/C18H29NO5/c1-15(2)16(8-10-19(20)21)9-13-24-18-7-4-6-17(14-18)23-12-5-11-22-3/h4,6-7,14-16H,5,8-13H2,1-3H3. The van der Waals surface area contributed by atoms with E-state index in [1.807, 2.05) is 24.3 Å². The largest absolute Gasteiger partial charge is 0.493 e. The average molecular weight is 339 g/mol. The van der Waals surface area contributed by atoms with Crippen molar-refractivity contribution in [3.05, 3.63) is 34.4 Å². The van der Waals surface area contributed by atoms with Gasteiger partial charge in [-0.3, -0.25) is 10.1 Å². The van der Waals surface area contributed by atoms with Gasteiger partial charge in [0, 0.05) is 37.5 Å². The van der Waals surface area contributed by atoms with E-state index < -0.39 is 0 Å². The molecule has 0 saturated heterocycles. The number of rotatable bonds is 13. The van der Waals surface area contributed by atoms with Gasteiger partial charge < -0.3 is 14.2 Å². The third-order valence-corrected chi connectivity index (χ3v) is 3.95. The zero-order chi connectivity index (χ0) is 17.8. The Bertz CT molecular complexity index is 478. The van der Waals surface area contributed by atoms with Gasteiger partial charge in [0.15, 0.2) is 0 Å². The van der Waals surface area contributed by atoms with Crippen molar-refractivity contribution < 1.29 is 19.1 Å². The molecule has 0 amide bonds. The number of nitrogens with zero attached hydrogens (tertiary/aromatic N) is 1. The Morgan fingerprint density at radius 1 is 1.08 bits per heavy atom. The minimum atomic E-state index is -0.249. The van der Waals surface area contributed by atoms with E-state index >= 15 is 0 Å². The van der Waals surface area contributed by atoms with Crippen molar-refractivity contribution >= 4 is 0 Å². The third kappa shape index (κ3) is 8.72. The Balaban J connectivity index is 2.38. The van der Waals surface area contributed by atoms with Crippen LogP contribution in [0, 0.1) is 22.0 Å². The fourth-order valence-corrected chi connectivity index (χ4v) is 2.46. The first-order chi connectivity index (χ1) is 11.5. The Labute approximate surface area is 144 Å². The molecule has 0 aliphatic heterocycles. The van der Waals surface area contributed by atoms with Crippen LogP contribution in [0.5, 0.6) is 11.5 Å². The van der Waals surface area contributed by atoms with Crippen LogP contribution in [0.3, 0.4) is 0 Å². The lowest BCUT2D eigenvalue weighted by atomic mass is 9.90. The SMILES string of the molecule is COCCCOc1cccc(OCCC(CC[N+](=O)[O-])C(C)C)c1. The molecule has 24 heavy (non-hydrogen) atoms. The van der Waals surface area contributed by atoms with Crippen LogP contribution < -0.4 is 9.47 Å². The molecule has 0 radical (unpaired) electrons. The van der Waals surface area contributed by atoms with E-state index in [1.54, 1.807) is 7.11 Å². The average Bonchev–Trinajstić information content (AvgIpc) is 2.54. The van der Waals surface area contributed by atoms with Crippen LogP contribution in [-0.2, 0) is 4.74 Å². The molecule has 0 spiro atoms. The van der Waals surface area contributed by atoms with Crippen LogP contribution in [0.15, 0.2) is 24.3 Å². The first-order valence-electron chi connectivity index (χ1n) is 8.49. The van der Waals surface area contributed by atoms with E-state index in [0.29, 0.717) is 38.1 Å². The molecule has 1 aromatic rings. The van der Waals surface area contributed by atoms with Crippen LogP contribution in [0.25, 0.3) is 0 Å². The highest BCUT2D eigenvalue weighted by Crippen LogP contribution is 2.22. The van der Waals surface area contributed by atoms with Gasteiger partial charge in [-0.25, -0.2) is 0 Å². The molecule has 136 valence electrons. The summed E-state index contributed by atoms with van der Waals surface area (Å²) in [6.07, 6.45) is 2.25. The lowest BCUT2D eigenvalue weighted by Crippen LogP contribution is -2.17. The lowest BCUT2D eigenvalue weighted by molar-refractivity contribution is -0.482. The number of ether oxygens (including phenoxy) is 3. The second-order valence-electron chi connectivity index (χ2n) is 6.16. The van der Waals surface area contributed by atoms with Crippen molar-refractivity contribution in [1.29, 1.82) is 0 Å². The molecule has 1 rings (SSSR count). The first kappa shape index (κ1) is 20.2. The number of nitro groups is 1. The van der Waals surface area contributed by atoms with E-state index in [2.05, 4.69) is 13.8 Å². The van der Waals surface area contributed by atoms with Crippen LogP contribution in [0.2, 0.25) is 0 Å². The molecule has 0 fully saturated rings. The van der Waals surface area contributed by atoms with Gasteiger partial charge in [0.1, 0.15) is 11.5 Å². The molecular weight excluding hydrogens is 310 g/mol. The summed E-state index contributed by atoms with van der Waals surface area (Å²) in [7, 11) is 1.67. The Morgan fingerprint density at radius 2 is 1.75 bits per heavy atom. The molecular formula is C18H29NO5. The maximum atomic E-state index is 10.5. The topological polar surface area (TPSA) is 70.8 Å². The number of hydrogen-bond acceptors (Lipinski definition) is 5. The third-order valence-electron chi connectivity index (χ3n) is 3.95. The maximum Gasteiger partial charge on any atom is 0.204 e. The summed E-state index contributed by atoms with van der Waals surface area (Å²) in [6, 6.07) is 7.55. The highest BCUT2D eigenvalue weighted by molar-refractivity contribution is 5.32. The predicted molar refractivity (Wildman–Crippen MR) is 93.3 cm³/mol. The molecule has 1 atom stereocenters. The molecule has 0 heterocycles. The van der Waals surface area contributed by atoms with Gasteiger partial charge in [-0.2, -0.15) is 0 Å². The van der Waals surface area contributed by atoms with Crippen molar-refractivity contribution in [2.45, 2.75) is 33.1 Å². The fraction of sp³-hybridized carbons (Fsp3) is 0.667. The summed E-state index contributed by atoms with van der Waals surface area (Å²) in [5.41, 5.74) is 0. The molecule has 0 aliphatic carbocycles. The van der Waals surface area contributed by atoms with Crippen molar-refractivity contribution in [2.75, 3.05) is 33.5 Å². The summed E-state index contributed by atoms with van der Waals surface area (Å²) in [6.45, 7) is 6.05. The smallest absolute Gasteiger partial charge is 0.204 e. The Hall–Kier alpha value is -1.82. The van der Waals surface area contributed by atoms with Gasteiger partial charge in [0.25, 0.3) is 0 Å². The highest BCUT2D eigenvalue weighted by Gasteiger charge is 2.16. The quantitative estimate of drug-likeness (QED) is 0.310. The van der Waals surface area contributed by atoms with Crippen molar-refractivity contribution in [3.8, 4) is 11.5 Å². The molecule has 1 aromatic carbocycles. The molecule has 6 heteroatoms. The summed E-state index contributed by atoms with van der Waals surface area (Å²) in [4.78, 5) is 10.3. The second-order valence-corrected chi connectivity index (χ2v) is 6.16. The van der Waals surface area contributed by atoms with Gasteiger partial charge in [-0.05, 0) is 30.4 Å². The summed E-state index contributed by atoms with van der Waals surface area (Å²) in [5.74, 6) is 2.24. The Morgan fingerprint density at radius 3 is 2.33 bits per heavy atom. The van der Waals surface area contributed by atoms with Crippen LogP contribution in [0.4, 0.5) is 0 Å². The summed E-state index contributed by atoms with van der Waals surface area (Å²) >= 11 is 0. The van der Waals surface area contributed by atoms with E-state index in [9.17, 15) is 10.1 Å². The van der Waals surface area contributed by atoms with Gasteiger partial charge in [0.2, 0.25) is 6.54 Å². The van der Waals surface area contributed by atoms with Crippen LogP contribution >= 0.6 is 0 Å². The Kier molecular flexibility index (Phi) is 9.84. The molecule has 0 aromatic heterocycles. The summed E-state index contributed by atoms with van der Waals surface area (Å²) < 4.78 is 16.4. The van der Waals surface area contributed by atoms with Gasteiger partial charge in [-0.1, -0.05) is 19.9 Å². The van der Waals surface area contributed by atoms with Crippen molar-refractivity contribution in [1.82, 2.24) is 0 Å². The minimum absolute atomic E-state index is 0.0215. The highest BCUT2D eigenvalue weighted by atomic mass is 16.6. The number of methoxy groups -OCH3 is 1. The van der Waals surface area contributed by atoms with Gasteiger partial charge >= 0.3 is 0 Å². The predicted octanol–water partition coefficient (Wildman–Crippen LogP) is 3.81. The fourth-order valence-electron chi connectivity index (χ4n) is 2.46. The zero-order valence-corrected chi connectivity index (χ0v) is 14.9. The van der Waals surface area contributed by atoms with Crippen molar-refractivity contribution in [2.24, 2.45) is 11.8 Å². The van der Waals surface area contributed by atoms with Crippen LogP contribution in [-0.4, -0.2) is 38.4 Å². The van der Waals surface area contributed by atoms with E-state index in [4.69, 9.17) is 14.2 Å². The number of benzene rings is 1. The lowest BCUT2D eigenvalue weighted by Gasteiger charge is -2.19. The van der Waals surface area contributed by atoms with E-state index in [1.165, 1.54) is 0 Å². The monoisotopic (exact) mass is 339 g/mol. The van der Waals surface area contributed by atoms with E-state index in [0.717, 1.165) is 24.3 Å². The normalized spacial score (nSPS) is 12.2. The minimum Gasteiger partial charge on any atom is -0.493 e. The van der Waals surface area contributed by atoms with Gasteiger partial charge in [-0.15, -0.1) is 0 Å². The second kappa shape index (κ2) is 11.7.